The molecule has 1 heterocycles. The smallest absolute Gasteiger partial charge is 0.410 e. The van der Waals surface area contributed by atoms with Crippen LogP contribution < -0.4 is 0 Å². The third-order valence-corrected chi connectivity index (χ3v) is 5.25. The first-order valence-electron chi connectivity index (χ1n) is 8.37. The summed E-state index contributed by atoms with van der Waals surface area (Å²) < 4.78 is 5.46. The summed E-state index contributed by atoms with van der Waals surface area (Å²) >= 11 is 0. The van der Waals surface area contributed by atoms with Gasteiger partial charge in [0.1, 0.15) is 5.60 Å². The molecule has 1 atom stereocenters. The highest BCUT2D eigenvalue weighted by molar-refractivity contribution is 5.68. The highest BCUT2D eigenvalue weighted by Gasteiger charge is 2.40. The fraction of sp³-hybridized carbons (Fsp3) is 0.941. The Kier molecular flexibility index (Phi) is 4.86. The minimum absolute atomic E-state index is 0.171. The Morgan fingerprint density at radius 2 is 1.71 bits per heavy atom. The summed E-state index contributed by atoms with van der Waals surface area (Å²) in [6.07, 6.45) is 6.47. The summed E-state index contributed by atoms with van der Waals surface area (Å²) in [4.78, 5) is 14.0. The average molecular weight is 297 g/mol. The van der Waals surface area contributed by atoms with Gasteiger partial charge >= 0.3 is 6.09 Å². The van der Waals surface area contributed by atoms with Crippen molar-refractivity contribution >= 4 is 6.09 Å². The molecule has 0 bridgehead atoms. The van der Waals surface area contributed by atoms with Gasteiger partial charge in [-0.3, -0.25) is 0 Å². The lowest BCUT2D eigenvalue weighted by Gasteiger charge is -2.46. The van der Waals surface area contributed by atoms with Crippen LogP contribution >= 0.6 is 0 Å². The Labute approximate surface area is 128 Å². The molecule has 2 rings (SSSR count). The SMILES string of the molecule is CC(O)C1CCC2(CC1)CCN(C(=O)OC(C)(C)C)CC2. The van der Waals surface area contributed by atoms with Crippen LogP contribution in [0.25, 0.3) is 0 Å². The molecule has 2 fully saturated rings. The highest BCUT2D eigenvalue weighted by atomic mass is 16.6. The molecule has 0 aromatic heterocycles. The molecule has 1 aliphatic carbocycles. The van der Waals surface area contributed by atoms with E-state index in [1.165, 1.54) is 12.8 Å². The molecule has 1 amide bonds. The van der Waals surface area contributed by atoms with Gasteiger partial charge in [-0.1, -0.05) is 0 Å². The molecule has 4 nitrogen and oxygen atoms in total. The number of carbonyl (C=O) groups is 1. The van der Waals surface area contributed by atoms with Gasteiger partial charge in [0, 0.05) is 13.1 Å². The van der Waals surface area contributed by atoms with Crippen LogP contribution in [0.5, 0.6) is 0 Å². The monoisotopic (exact) mass is 297 g/mol. The van der Waals surface area contributed by atoms with Gasteiger partial charge in [-0.15, -0.1) is 0 Å². The van der Waals surface area contributed by atoms with Crippen LogP contribution in [0.1, 0.15) is 66.2 Å². The van der Waals surface area contributed by atoms with Gasteiger partial charge < -0.3 is 14.7 Å². The number of piperidine rings is 1. The summed E-state index contributed by atoms with van der Waals surface area (Å²) in [5, 5.41) is 9.72. The number of carbonyl (C=O) groups excluding carboxylic acids is 1. The fourth-order valence-electron chi connectivity index (χ4n) is 3.73. The van der Waals surface area contributed by atoms with Crippen molar-refractivity contribution in [3.63, 3.8) is 0 Å². The van der Waals surface area contributed by atoms with Crippen molar-refractivity contribution in [1.29, 1.82) is 0 Å². The van der Waals surface area contributed by atoms with E-state index < -0.39 is 5.60 Å². The van der Waals surface area contributed by atoms with Crippen LogP contribution in [-0.4, -0.2) is 40.9 Å². The summed E-state index contributed by atoms with van der Waals surface area (Å²) in [5.41, 5.74) is -0.00849. The zero-order chi connectivity index (χ0) is 15.7. The van der Waals surface area contributed by atoms with Crippen molar-refractivity contribution in [3.8, 4) is 0 Å². The second-order valence-electron chi connectivity index (χ2n) is 8.05. The fourth-order valence-corrected chi connectivity index (χ4v) is 3.73. The highest BCUT2D eigenvalue weighted by Crippen LogP contribution is 2.47. The lowest BCUT2D eigenvalue weighted by atomic mass is 9.65. The summed E-state index contributed by atoms with van der Waals surface area (Å²) in [6.45, 7) is 9.27. The Bertz CT molecular complexity index is 355. The van der Waals surface area contributed by atoms with Crippen LogP contribution in [0, 0.1) is 11.3 Å². The van der Waals surface area contributed by atoms with E-state index in [2.05, 4.69) is 0 Å². The number of aliphatic hydroxyl groups is 1. The van der Waals surface area contributed by atoms with E-state index in [-0.39, 0.29) is 12.2 Å². The van der Waals surface area contributed by atoms with Crippen LogP contribution in [0.15, 0.2) is 0 Å². The predicted octanol–water partition coefficient (Wildman–Crippen LogP) is 3.57. The zero-order valence-electron chi connectivity index (χ0n) is 14.0. The summed E-state index contributed by atoms with van der Waals surface area (Å²) in [6, 6.07) is 0. The van der Waals surface area contributed by atoms with E-state index in [1.807, 2.05) is 32.6 Å². The van der Waals surface area contributed by atoms with Gasteiger partial charge in [-0.2, -0.15) is 0 Å². The van der Waals surface area contributed by atoms with Crippen molar-refractivity contribution in [3.05, 3.63) is 0 Å². The lowest BCUT2D eigenvalue weighted by molar-refractivity contribution is -0.00619. The number of amides is 1. The average Bonchev–Trinajstić information content (AvgIpc) is 2.38. The largest absolute Gasteiger partial charge is 0.444 e. The van der Waals surface area contributed by atoms with Gasteiger partial charge in [0.25, 0.3) is 0 Å². The van der Waals surface area contributed by atoms with E-state index >= 15 is 0 Å². The molecule has 1 saturated heterocycles. The topological polar surface area (TPSA) is 49.8 Å². The summed E-state index contributed by atoms with van der Waals surface area (Å²) in [7, 11) is 0. The summed E-state index contributed by atoms with van der Waals surface area (Å²) in [5.74, 6) is 0.472. The van der Waals surface area contributed by atoms with Crippen LogP contribution in [0.2, 0.25) is 0 Å². The molecule has 1 unspecified atom stereocenters. The quantitative estimate of drug-likeness (QED) is 0.805. The first-order valence-corrected chi connectivity index (χ1v) is 8.37. The molecule has 0 radical (unpaired) electrons. The number of rotatable bonds is 1. The van der Waals surface area contributed by atoms with Crippen LogP contribution in [0.3, 0.4) is 0 Å². The molecule has 1 aliphatic heterocycles. The predicted molar refractivity (Wildman–Crippen MR) is 83.1 cm³/mol. The Morgan fingerprint density at radius 3 is 2.14 bits per heavy atom. The van der Waals surface area contributed by atoms with E-state index in [4.69, 9.17) is 4.74 Å². The second-order valence-corrected chi connectivity index (χ2v) is 8.05. The maximum absolute atomic E-state index is 12.1. The maximum atomic E-state index is 12.1. The van der Waals surface area contributed by atoms with Gasteiger partial charge in [-0.05, 0) is 77.6 Å². The third kappa shape index (κ3) is 4.35. The number of nitrogens with zero attached hydrogens (tertiary/aromatic N) is 1. The maximum Gasteiger partial charge on any atom is 0.410 e. The lowest BCUT2D eigenvalue weighted by Crippen LogP contribution is -2.46. The minimum atomic E-state index is -0.415. The van der Waals surface area contributed by atoms with Crippen molar-refractivity contribution < 1.29 is 14.6 Å². The molecule has 122 valence electrons. The Balaban J connectivity index is 1.82. The second kappa shape index (κ2) is 6.15. The molecule has 2 aliphatic rings. The number of likely N-dealkylation sites (tertiary alicyclic amines) is 1. The molecular formula is C17H31NO3. The van der Waals surface area contributed by atoms with Gasteiger partial charge in [0.2, 0.25) is 0 Å². The molecule has 4 heteroatoms. The molecule has 1 spiro atoms. The van der Waals surface area contributed by atoms with E-state index in [1.54, 1.807) is 0 Å². The van der Waals surface area contributed by atoms with Crippen molar-refractivity contribution in [2.75, 3.05) is 13.1 Å². The molecule has 1 saturated carbocycles. The van der Waals surface area contributed by atoms with Crippen LogP contribution in [0.4, 0.5) is 4.79 Å². The van der Waals surface area contributed by atoms with Gasteiger partial charge in [0.05, 0.1) is 6.10 Å². The van der Waals surface area contributed by atoms with Gasteiger partial charge in [-0.25, -0.2) is 4.79 Å². The molecule has 0 aromatic rings. The number of ether oxygens (including phenoxy) is 1. The number of hydrogen-bond donors (Lipinski definition) is 1. The van der Waals surface area contributed by atoms with Crippen molar-refractivity contribution in [1.82, 2.24) is 4.90 Å². The molecule has 21 heavy (non-hydrogen) atoms. The minimum Gasteiger partial charge on any atom is -0.444 e. The molecule has 1 N–H and O–H groups in total. The first kappa shape index (κ1) is 16.6. The van der Waals surface area contributed by atoms with Crippen molar-refractivity contribution in [2.45, 2.75) is 77.9 Å². The Hall–Kier alpha value is -0.770. The zero-order valence-corrected chi connectivity index (χ0v) is 14.0. The first-order chi connectivity index (χ1) is 9.71. The van der Waals surface area contributed by atoms with Crippen LogP contribution in [-0.2, 0) is 4.74 Å². The van der Waals surface area contributed by atoms with Gasteiger partial charge in [0.15, 0.2) is 0 Å². The number of aliphatic hydroxyl groups excluding tert-OH is 1. The number of hydrogen-bond acceptors (Lipinski definition) is 3. The molecule has 0 aromatic carbocycles. The van der Waals surface area contributed by atoms with Crippen molar-refractivity contribution in [2.24, 2.45) is 11.3 Å². The van der Waals surface area contributed by atoms with E-state index in [0.29, 0.717) is 11.3 Å². The van der Waals surface area contributed by atoms with E-state index in [9.17, 15) is 9.90 Å². The van der Waals surface area contributed by atoms with E-state index in [0.717, 1.165) is 38.8 Å². The third-order valence-electron chi connectivity index (χ3n) is 5.25. The standard InChI is InChI=1S/C17H31NO3/c1-13(19)14-5-7-17(8-6-14)9-11-18(12-10-17)15(20)21-16(2,3)4/h13-14,19H,5-12H2,1-4H3. The molecular weight excluding hydrogens is 266 g/mol. The normalized spacial score (nSPS) is 24.9. The Morgan fingerprint density at radius 1 is 1.19 bits per heavy atom.